The lowest BCUT2D eigenvalue weighted by Crippen LogP contribution is -2.35. The number of carbonyl (C=O) groups is 1. The van der Waals surface area contributed by atoms with Gasteiger partial charge < -0.3 is 25.2 Å². The standard InChI is InChI=1S/C27H29F2N7O4/c1-39-23-10-19-22(11-24(23)40-9-8-35-7-3-4-18(35)15-37)30-16-31-27(19)33-17-12-32-36(13-17)14-25(38)34-21-6-2-5-20(28)26(21)29/h2,5-6,10-13,16,18,37H,3-4,7-9,14-15H2,1H3,(H,34,38)(H,30,31,33)/t18-/m1/s1. The summed E-state index contributed by atoms with van der Waals surface area (Å²) in [5.74, 6) is -1.19. The zero-order valence-electron chi connectivity index (χ0n) is 21.8. The number of likely N-dealkylation sites (tertiary alicyclic amines) is 1. The molecule has 0 bridgehead atoms. The van der Waals surface area contributed by atoms with Gasteiger partial charge in [0.15, 0.2) is 23.1 Å². The van der Waals surface area contributed by atoms with Gasteiger partial charge in [0, 0.05) is 30.2 Å². The molecule has 1 amide bonds. The number of carbonyl (C=O) groups excluding carboxylic acids is 1. The SMILES string of the molecule is COc1cc2c(Nc3cnn(CC(=O)Nc4cccc(F)c4F)c3)ncnc2cc1OCCN1CCC[C@@H]1CO. The maximum Gasteiger partial charge on any atom is 0.246 e. The van der Waals surface area contributed by atoms with Crippen LogP contribution in [0.2, 0.25) is 0 Å². The van der Waals surface area contributed by atoms with Gasteiger partial charge in [-0.1, -0.05) is 6.07 Å². The molecule has 13 heteroatoms. The summed E-state index contributed by atoms with van der Waals surface area (Å²) in [6, 6.07) is 7.30. The number of hydrogen-bond acceptors (Lipinski definition) is 9. The van der Waals surface area contributed by atoms with Crippen LogP contribution in [0, 0.1) is 11.6 Å². The van der Waals surface area contributed by atoms with E-state index in [1.807, 2.05) is 0 Å². The molecule has 0 spiro atoms. The van der Waals surface area contributed by atoms with Gasteiger partial charge in [-0.3, -0.25) is 14.4 Å². The van der Waals surface area contributed by atoms with Crippen molar-refractivity contribution in [2.24, 2.45) is 0 Å². The number of amides is 1. The van der Waals surface area contributed by atoms with E-state index in [0.717, 1.165) is 25.5 Å². The molecule has 0 unspecified atom stereocenters. The third-order valence-electron chi connectivity index (χ3n) is 6.69. The molecule has 11 nitrogen and oxygen atoms in total. The Kier molecular flexibility index (Phi) is 8.31. The lowest BCUT2D eigenvalue weighted by atomic mass is 10.2. The summed E-state index contributed by atoms with van der Waals surface area (Å²) in [5, 5.41) is 19.9. The van der Waals surface area contributed by atoms with Crippen molar-refractivity contribution in [1.29, 1.82) is 0 Å². The highest BCUT2D eigenvalue weighted by Crippen LogP contribution is 2.35. The molecule has 1 atom stereocenters. The Labute approximate surface area is 228 Å². The highest BCUT2D eigenvalue weighted by Gasteiger charge is 2.23. The minimum Gasteiger partial charge on any atom is -0.493 e. The van der Waals surface area contributed by atoms with Crippen molar-refractivity contribution in [2.45, 2.75) is 25.4 Å². The van der Waals surface area contributed by atoms with Crippen molar-refractivity contribution in [3.63, 3.8) is 0 Å². The molecule has 0 radical (unpaired) electrons. The predicted molar refractivity (Wildman–Crippen MR) is 144 cm³/mol. The third kappa shape index (κ3) is 6.10. The first-order valence-corrected chi connectivity index (χ1v) is 12.8. The summed E-state index contributed by atoms with van der Waals surface area (Å²) in [6.45, 7) is 2.01. The Bertz CT molecular complexity index is 1500. The van der Waals surface area contributed by atoms with Gasteiger partial charge in [-0.2, -0.15) is 5.10 Å². The van der Waals surface area contributed by atoms with Crippen molar-refractivity contribution < 1.29 is 28.2 Å². The maximum absolute atomic E-state index is 13.8. The van der Waals surface area contributed by atoms with Crippen LogP contribution in [0.1, 0.15) is 12.8 Å². The van der Waals surface area contributed by atoms with Crippen LogP contribution in [0.3, 0.4) is 0 Å². The number of ether oxygens (including phenoxy) is 2. The molecule has 3 N–H and O–H groups in total. The zero-order chi connectivity index (χ0) is 28.1. The Morgan fingerprint density at radius 2 is 2.10 bits per heavy atom. The number of aliphatic hydroxyl groups is 1. The van der Waals surface area contributed by atoms with E-state index in [-0.39, 0.29) is 24.9 Å². The number of halogens is 2. The summed E-state index contributed by atoms with van der Waals surface area (Å²) in [5.41, 5.74) is 0.935. The summed E-state index contributed by atoms with van der Waals surface area (Å²) >= 11 is 0. The van der Waals surface area contributed by atoms with Crippen LogP contribution in [-0.2, 0) is 11.3 Å². The average Bonchev–Trinajstić information content (AvgIpc) is 3.60. The Morgan fingerprint density at radius 3 is 2.92 bits per heavy atom. The van der Waals surface area contributed by atoms with Crippen LogP contribution in [0.25, 0.3) is 10.9 Å². The van der Waals surface area contributed by atoms with Crippen LogP contribution in [0.4, 0.5) is 26.0 Å². The molecule has 1 aliphatic heterocycles. The fourth-order valence-electron chi connectivity index (χ4n) is 4.69. The predicted octanol–water partition coefficient (Wildman–Crippen LogP) is 3.33. The van der Waals surface area contributed by atoms with E-state index in [9.17, 15) is 18.7 Å². The van der Waals surface area contributed by atoms with Gasteiger partial charge in [0.2, 0.25) is 5.91 Å². The Balaban J connectivity index is 1.25. The van der Waals surface area contributed by atoms with E-state index in [1.54, 1.807) is 25.4 Å². The molecule has 1 saturated heterocycles. The first-order valence-electron chi connectivity index (χ1n) is 12.8. The number of nitrogens with zero attached hydrogens (tertiary/aromatic N) is 5. The van der Waals surface area contributed by atoms with E-state index >= 15 is 0 Å². The number of hydrogen-bond donors (Lipinski definition) is 3. The molecule has 1 fully saturated rings. The zero-order valence-corrected chi connectivity index (χ0v) is 21.8. The molecule has 0 saturated carbocycles. The first-order chi connectivity index (χ1) is 19.4. The Morgan fingerprint density at radius 1 is 1.23 bits per heavy atom. The van der Waals surface area contributed by atoms with Crippen LogP contribution in [0.5, 0.6) is 11.5 Å². The molecular formula is C27H29F2N7O4. The fraction of sp³-hybridized carbons (Fsp3) is 0.333. The molecule has 0 aliphatic carbocycles. The quantitative estimate of drug-likeness (QED) is 0.256. The molecule has 4 aromatic rings. The molecule has 40 heavy (non-hydrogen) atoms. The van der Waals surface area contributed by atoms with E-state index in [4.69, 9.17) is 9.47 Å². The van der Waals surface area contributed by atoms with Gasteiger partial charge in [-0.15, -0.1) is 0 Å². The second kappa shape index (κ2) is 12.2. The minimum absolute atomic E-state index is 0.146. The highest BCUT2D eigenvalue weighted by atomic mass is 19.2. The molecule has 5 rings (SSSR count). The van der Waals surface area contributed by atoms with Gasteiger partial charge >= 0.3 is 0 Å². The minimum atomic E-state index is -1.12. The number of methoxy groups -OCH3 is 1. The number of anilines is 3. The Hall–Kier alpha value is -4.36. The molecular weight excluding hydrogens is 524 g/mol. The van der Waals surface area contributed by atoms with E-state index in [1.165, 1.54) is 29.3 Å². The van der Waals surface area contributed by atoms with Crippen molar-refractivity contribution >= 4 is 34.0 Å². The number of benzene rings is 2. The summed E-state index contributed by atoms with van der Waals surface area (Å²) in [4.78, 5) is 23.3. The topological polar surface area (TPSA) is 127 Å². The molecule has 210 valence electrons. The van der Waals surface area contributed by atoms with E-state index in [2.05, 4.69) is 30.6 Å². The first kappa shape index (κ1) is 27.2. The molecule has 2 aromatic carbocycles. The molecule has 2 aromatic heterocycles. The van der Waals surface area contributed by atoms with Crippen LogP contribution in [-0.4, -0.2) is 75.1 Å². The number of fused-ring (bicyclic) bond motifs is 1. The second-order valence-corrected chi connectivity index (χ2v) is 9.31. The van der Waals surface area contributed by atoms with Crippen LogP contribution >= 0.6 is 0 Å². The lowest BCUT2D eigenvalue weighted by Gasteiger charge is -2.22. The number of aliphatic hydroxyl groups excluding tert-OH is 1. The second-order valence-electron chi connectivity index (χ2n) is 9.31. The number of aromatic nitrogens is 4. The number of rotatable bonds is 11. The smallest absolute Gasteiger partial charge is 0.246 e. The molecule has 3 heterocycles. The number of nitrogens with one attached hydrogen (secondary N) is 2. The van der Waals surface area contributed by atoms with Crippen molar-refractivity contribution in [3.05, 3.63) is 60.7 Å². The summed E-state index contributed by atoms with van der Waals surface area (Å²) in [7, 11) is 1.55. The third-order valence-corrected chi connectivity index (χ3v) is 6.69. The van der Waals surface area contributed by atoms with Gasteiger partial charge in [-0.05, 0) is 37.6 Å². The van der Waals surface area contributed by atoms with E-state index < -0.39 is 17.5 Å². The van der Waals surface area contributed by atoms with Gasteiger partial charge in [0.25, 0.3) is 0 Å². The fourth-order valence-corrected chi connectivity index (χ4v) is 4.69. The van der Waals surface area contributed by atoms with Crippen LogP contribution in [0.15, 0.2) is 49.1 Å². The molecule has 1 aliphatic rings. The van der Waals surface area contributed by atoms with Gasteiger partial charge in [0.05, 0.1) is 36.8 Å². The normalized spacial score (nSPS) is 15.3. The van der Waals surface area contributed by atoms with Crippen molar-refractivity contribution in [1.82, 2.24) is 24.6 Å². The highest BCUT2D eigenvalue weighted by molar-refractivity contribution is 5.93. The average molecular weight is 554 g/mol. The van der Waals surface area contributed by atoms with Crippen LogP contribution < -0.4 is 20.1 Å². The van der Waals surface area contributed by atoms with Crippen molar-refractivity contribution in [2.75, 3.05) is 44.0 Å². The monoisotopic (exact) mass is 553 g/mol. The van der Waals surface area contributed by atoms with Gasteiger partial charge in [-0.25, -0.2) is 18.7 Å². The van der Waals surface area contributed by atoms with Gasteiger partial charge in [0.1, 0.15) is 25.3 Å². The lowest BCUT2D eigenvalue weighted by molar-refractivity contribution is -0.116. The van der Waals surface area contributed by atoms with Crippen molar-refractivity contribution in [3.8, 4) is 11.5 Å². The largest absolute Gasteiger partial charge is 0.493 e. The summed E-state index contributed by atoms with van der Waals surface area (Å²) < 4.78 is 40.2. The van der Waals surface area contributed by atoms with E-state index in [0.29, 0.717) is 47.1 Å². The maximum atomic E-state index is 13.8. The summed E-state index contributed by atoms with van der Waals surface area (Å²) in [6.07, 6.45) is 6.57.